The number of piperidine rings is 1. The molecule has 0 spiro atoms. The van der Waals surface area contributed by atoms with Gasteiger partial charge in [0.25, 0.3) is 0 Å². The average molecular weight is 198 g/mol. The Kier molecular flexibility index (Phi) is 4.90. The third-order valence-electron chi connectivity index (χ3n) is 3.48. The fourth-order valence-electron chi connectivity index (χ4n) is 2.88. The third kappa shape index (κ3) is 2.48. The Morgan fingerprint density at radius 1 is 1.21 bits per heavy atom. The summed E-state index contributed by atoms with van der Waals surface area (Å²) in [5.74, 6) is 0.976. The van der Waals surface area contributed by atoms with E-state index in [1.54, 1.807) is 0 Å². The molecular formula is C12H26N2. The smallest absolute Gasteiger partial charge is 0.0263 e. The van der Waals surface area contributed by atoms with Gasteiger partial charge in [0, 0.05) is 19.1 Å². The quantitative estimate of drug-likeness (QED) is 0.636. The molecule has 2 saturated heterocycles. The lowest BCUT2D eigenvalue weighted by Crippen LogP contribution is -2.44. The minimum absolute atomic E-state index is 0.883. The zero-order chi connectivity index (χ0) is 10.6. The van der Waals surface area contributed by atoms with Crippen molar-refractivity contribution in [2.45, 2.75) is 39.7 Å². The second-order valence-electron chi connectivity index (χ2n) is 4.32. The van der Waals surface area contributed by atoms with Crippen molar-refractivity contribution < 1.29 is 0 Å². The summed E-state index contributed by atoms with van der Waals surface area (Å²) < 4.78 is 0. The molecule has 2 atom stereocenters. The molecular weight excluding hydrogens is 172 g/mol. The van der Waals surface area contributed by atoms with Crippen LogP contribution in [0, 0.1) is 5.92 Å². The van der Waals surface area contributed by atoms with Gasteiger partial charge in [0.15, 0.2) is 0 Å². The van der Waals surface area contributed by atoms with E-state index in [9.17, 15) is 0 Å². The summed E-state index contributed by atoms with van der Waals surface area (Å²) in [5.41, 5.74) is 0. The van der Waals surface area contributed by atoms with Crippen LogP contribution in [0.4, 0.5) is 0 Å². The summed E-state index contributed by atoms with van der Waals surface area (Å²) in [7, 11) is 2.26. The molecule has 2 heterocycles. The molecule has 2 fully saturated rings. The Morgan fingerprint density at radius 2 is 1.93 bits per heavy atom. The predicted octanol–water partition coefficient (Wildman–Crippen LogP) is 2.06. The molecule has 84 valence electrons. The molecule has 0 amide bonds. The maximum atomic E-state index is 2.66. The molecule has 0 aromatic carbocycles. The molecule has 2 aliphatic rings. The van der Waals surface area contributed by atoms with E-state index in [0.717, 1.165) is 12.0 Å². The topological polar surface area (TPSA) is 6.48 Å². The molecule has 0 saturated carbocycles. The van der Waals surface area contributed by atoms with Crippen molar-refractivity contribution in [2.75, 3.05) is 33.2 Å². The molecule has 0 aromatic heterocycles. The van der Waals surface area contributed by atoms with Gasteiger partial charge in [-0.15, -0.1) is 0 Å². The minimum atomic E-state index is 0.883. The van der Waals surface area contributed by atoms with Gasteiger partial charge in [0.1, 0.15) is 0 Å². The number of rotatable bonds is 1. The van der Waals surface area contributed by atoms with Crippen LogP contribution in [0.25, 0.3) is 0 Å². The minimum Gasteiger partial charge on any atom is -0.304 e. The molecule has 2 nitrogen and oxygen atoms in total. The first-order valence-corrected chi connectivity index (χ1v) is 6.24. The van der Waals surface area contributed by atoms with Crippen molar-refractivity contribution in [1.29, 1.82) is 0 Å². The average Bonchev–Trinajstić information content (AvgIpc) is 2.60. The zero-order valence-corrected chi connectivity index (χ0v) is 10.3. The predicted molar refractivity (Wildman–Crippen MR) is 62.6 cm³/mol. The van der Waals surface area contributed by atoms with E-state index < -0.39 is 0 Å². The van der Waals surface area contributed by atoms with Gasteiger partial charge in [-0.05, 0) is 38.9 Å². The molecule has 2 rings (SSSR count). The van der Waals surface area contributed by atoms with Crippen LogP contribution in [-0.2, 0) is 0 Å². The van der Waals surface area contributed by atoms with Crippen LogP contribution in [0.1, 0.15) is 33.6 Å². The number of hydrogen-bond donors (Lipinski definition) is 0. The van der Waals surface area contributed by atoms with Gasteiger partial charge in [-0.1, -0.05) is 20.8 Å². The van der Waals surface area contributed by atoms with Gasteiger partial charge in [-0.25, -0.2) is 0 Å². The number of hydrogen-bond acceptors (Lipinski definition) is 2. The maximum Gasteiger partial charge on any atom is 0.0263 e. The van der Waals surface area contributed by atoms with Crippen molar-refractivity contribution in [3.63, 3.8) is 0 Å². The number of likely N-dealkylation sites (N-methyl/N-ethyl adjacent to an activating group) is 2. The largest absolute Gasteiger partial charge is 0.304 e. The van der Waals surface area contributed by atoms with E-state index in [2.05, 4.69) is 23.8 Å². The first-order chi connectivity index (χ1) is 6.81. The molecule has 2 unspecified atom stereocenters. The fourth-order valence-corrected chi connectivity index (χ4v) is 2.88. The fraction of sp³-hybridized carbons (Fsp3) is 1.00. The van der Waals surface area contributed by atoms with Crippen LogP contribution < -0.4 is 0 Å². The van der Waals surface area contributed by atoms with Crippen molar-refractivity contribution in [3.05, 3.63) is 0 Å². The molecule has 0 aromatic rings. The van der Waals surface area contributed by atoms with Crippen LogP contribution in [-0.4, -0.2) is 49.1 Å². The molecule has 14 heavy (non-hydrogen) atoms. The van der Waals surface area contributed by atoms with E-state index in [-0.39, 0.29) is 0 Å². The number of nitrogens with zero attached hydrogens (tertiary/aromatic N) is 2. The highest BCUT2D eigenvalue weighted by Crippen LogP contribution is 2.29. The molecule has 2 aliphatic heterocycles. The van der Waals surface area contributed by atoms with Crippen LogP contribution in [0.15, 0.2) is 0 Å². The monoisotopic (exact) mass is 198 g/mol. The number of likely N-dealkylation sites (tertiary alicyclic amines) is 2. The molecule has 2 heteroatoms. The summed E-state index contributed by atoms with van der Waals surface area (Å²) in [5, 5.41) is 0. The van der Waals surface area contributed by atoms with Crippen LogP contribution >= 0.6 is 0 Å². The standard InChI is InChI=1S/C10H20N2.C2H6/c1-3-12-6-4-5-9-7-11(2)8-10(9)12;1-2/h9-10H,3-8H2,1-2H3;1-2H3. The van der Waals surface area contributed by atoms with Gasteiger partial charge < -0.3 is 4.90 Å². The van der Waals surface area contributed by atoms with Gasteiger partial charge in [-0.3, -0.25) is 4.90 Å². The van der Waals surface area contributed by atoms with E-state index in [0.29, 0.717) is 0 Å². The van der Waals surface area contributed by atoms with Gasteiger partial charge >= 0.3 is 0 Å². The Bertz CT molecular complexity index is 152. The number of fused-ring (bicyclic) bond motifs is 1. The second-order valence-corrected chi connectivity index (χ2v) is 4.32. The van der Waals surface area contributed by atoms with E-state index in [4.69, 9.17) is 0 Å². The summed E-state index contributed by atoms with van der Waals surface area (Å²) in [6, 6.07) is 0.883. The molecule has 0 bridgehead atoms. The van der Waals surface area contributed by atoms with Gasteiger partial charge in [0.2, 0.25) is 0 Å². The Morgan fingerprint density at radius 3 is 2.57 bits per heavy atom. The van der Waals surface area contributed by atoms with Crippen LogP contribution in [0.2, 0.25) is 0 Å². The Labute approximate surface area is 89.3 Å². The molecule has 0 aliphatic carbocycles. The highest BCUT2D eigenvalue weighted by Gasteiger charge is 2.36. The second kappa shape index (κ2) is 5.72. The van der Waals surface area contributed by atoms with Gasteiger partial charge in [0.05, 0.1) is 0 Å². The van der Waals surface area contributed by atoms with Crippen molar-refractivity contribution in [2.24, 2.45) is 5.92 Å². The molecule has 0 radical (unpaired) electrons. The maximum absolute atomic E-state index is 2.66. The third-order valence-corrected chi connectivity index (χ3v) is 3.48. The molecule has 0 N–H and O–H groups in total. The lowest BCUT2D eigenvalue weighted by atomic mass is 9.92. The summed E-state index contributed by atoms with van der Waals surface area (Å²) in [6.45, 7) is 11.5. The van der Waals surface area contributed by atoms with E-state index in [1.165, 1.54) is 39.0 Å². The van der Waals surface area contributed by atoms with E-state index in [1.807, 2.05) is 13.8 Å². The normalized spacial score (nSPS) is 33.4. The van der Waals surface area contributed by atoms with E-state index >= 15 is 0 Å². The van der Waals surface area contributed by atoms with Crippen LogP contribution in [0.3, 0.4) is 0 Å². The summed E-state index contributed by atoms with van der Waals surface area (Å²) in [4.78, 5) is 5.15. The van der Waals surface area contributed by atoms with Crippen molar-refractivity contribution in [3.8, 4) is 0 Å². The highest BCUT2D eigenvalue weighted by atomic mass is 15.3. The van der Waals surface area contributed by atoms with Crippen LogP contribution in [0.5, 0.6) is 0 Å². The van der Waals surface area contributed by atoms with Crippen molar-refractivity contribution in [1.82, 2.24) is 9.80 Å². The Hall–Kier alpha value is -0.0800. The Balaban J connectivity index is 0.000000461. The lowest BCUT2D eigenvalue weighted by molar-refractivity contribution is 0.131. The zero-order valence-electron chi connectivity index (χ0n) is 10.3. The highest BCUT2D eigenvalue weighted by molar-refractivity contribution is 4.92. The summed E-state index contributed by atoms with van der Waals surface area (Å²) >= 11 is 0. The lowest BCUT2D eigenvalue weighted by Gasteiger charge is -2.36. The first kappa shape index (κ1) is 12.0. The van der Waals surface area contributed by atoms with Gasteiger partial charge in [-0.2, -0.15) is 0 Å². The summed E-state index contributed by atoms with van der Waals surface area (Å²) in [6.07, 6.45) is 2.88. The van der Waals surface area contributed by atoms with Crippen molar-refractivity contribution >= 4 is 0 Å². The SMILES string of the molecule is CC.CCN1CCCC2CN(C)CC21. The first-order valence-electron chi connectivity index (χ1n) is 6.24.